The maximum absolute atomic E-state index is 11.7. The molecule has 80 valence electrons. The first-order valence-electron chi connectivity index (χ1n) is 4.68. The molecule has 1 heterocycles. The zero-order valence-electron chi connectivity index (χ0n) is 8.73. The van der Waals surface area contributed by atoms with E-state index in [9.17, 15) is 9.59 Å². The fourth-order valence-corrected chi connectivity index (χ4v) is 1.76. The Kier molecular flexibility index (Phi) is 3.10. The van der Waals surface area contributed by atoms with Crippen molar-refractivity contribution in [3.8, 4) is 0 Å². The van der Waals surface area contributed by atoms with Crippen molar-refractivity contribution in [2.24, 2.45) is 0 Å². The van der Waals surface area contributed by atoms with Gasteiger partial charge in [-0.25, -0.2) is 0 Å². The van der Waals surface area contributed by atoms with Crippen LogP contribution in [0.3, 0.4) is 0 Å². The number of carbonyl (C=O) groups excluding carboxylic acids is 2. The molecule has 0 radical (unpaired) electrons. The molecule has 1 rings (SSSR count). The SMILES string of the molecule is CCC1C(=O)N(C)C(CO)C(=O)N1C. The maximum atomic E-state index is 11.7. The van der Waals surface area contributed by atoms with Gasteiger partial charge in [0.2, 0.25) is 11.8 Å². The molecule has 1 saturated heterocycles. The number of likely N-dealkylation sites (N-methyl/N-ethyl adjacent to an activating group) is 2. The molecule has 1 aliphatic heterocycles. The van der Waals surface area contributed by atoms with E-state index in [0.29, 0.717) is 6.42 Å². The van der Waals surface area contributed by atoms with Crippen LogP contribution in [0, 0.1) is 0 Å². The highest BCUT2D eigenvalue weighted by atomic mass is 16.3. The van der Waals surface area contributed by atoms with Crippen LogP contribution in [0.5, 0.6) is 0 Å². The topological polar surface area (TPSA) is 60.9 Å². The Balaban J connectivity index is 2.93. The molecule has 0 aliphatic carbocycles. The molecule has 2 amide bonds. The van der Waals surface area contributed by atoms with Gasteiger partial charge in [-0.2, -0.15) is 0 Å². The van der Waals surface area contributed by atoms with Gasteiger partial charge in [-0.05, 0) is 6.42 Å². The number of piperazine rings is 1. The lowest BCUT2D eigenvalue weighted by Crippen LogP contribution is -2.63. The lowest BCUT2D eigenvalue weighted by atomic mass is 10.0. The van der Waals surface area contributed by atoms with E-state index in [1.54, 1.807) is 14.1 Å². The first-order valence-corrected chi connectivity index (χ1v) is 4.68. The summed E-state index contributed by atoms with van der Waals surface area (Å²) < 4.78 is 0. The molecule has 0 aromatic rings. The molecule has 1 fully saturated rings. The lowest BCUT2D eigenvalue weighted by molar-refractivity contribution is -0.160. The average molecular weight is 200 g/mol. The van der Waals surface area contributed by atoms with Crippen LogP contribution in [0.25, 0.3) is 0 Å². The molecule has 0 aromatic heterocycles. The predicted octanol–water partition coefficient (Wildman–Crippen LogP) is -0.944. The molecule has 5 nitrogen and oxygen atoms in total. The number of aliphatic hydroxyl groups is 1. The summed E-state index contributed by atoms with van der Waals surface area (Å²) in [6.07, 6.45) is 0.601. The standard InChI is InChI=1S/C9H16N2O3/c1-4-6-8(13)11(3)7(5-12)9(14)10(6)2/h6-7,12H,4-5H2,1-3H3. The smallest absolute Gasteiger partial charge is 0.248 e. The van der Waals surface area contributed by atoms with E-state index in [1.165, 1.54) is 9.80 Å². The van der Waals surface area contributed by atoms with Crippen molar-refractivity contribution in [1.82, 2.24) is 9.80 Å². The van der Waals surface area contributed by atoms with Gasteiger partial charge in [0.15, 0.2) is 0 Å². The van der Waals surface area contributed by atoms with Gasteiger partial charge in [0.05, 0.1) is 6.61 Å². The Morgan fingerprint density at radius 2 is 1.57 bits per heavy atom. The highest BCUT2D eigenvalue weighted by Crippen LogP contribution is 2.16. The van der Waals surface area contributed by atoms with E-state index in [0.717, 1.165) is 0 Å². The Morgan fingerprint density at radius 1 is 1.14 bits per heavy atom. The second kappa shape index (κ2) is 3.96. The third-order valence-electron chi connectivity index (χ3n) is 2.76. The molecule has 5 heteroatoms. The molecular formula is C9H16N2O3. The van der Waals surface area contributed by atoms with Crippen molar-refractivity contribution in [3.05, 3.63) is 0 Å². The Hall–Kier alpha value is -1.10. The monoisotopic (exact) mass is 200 g/mol. The number of carbonyl (C=O) groups is 2. The quantitative estimate of drug-likeness (QED) is 0.625. The van der Waals surface area contributed by atoms with Gasteiger partial charge in [-0.3, -0.25) is 9.59 Å². The predicted molar refractivity (Wildman–Crippen MR) is 50.5 cm³/mol. The van der Waals surface area contributed by atoms with Crippen LogP contribution in [0.4, 0.5) is 0 Å². The minimum absolute atomic E-state index is 0.103. The van der Waals surface area contributed by atoms with Crippen LogP contribution >= 0.6 is 0 Å². The molecule has 0 aromatic carbocycles. The van der Waals surface area contributed by atoms with E-state index in [-0.39, 0.29) is 24.5 Å². The van der Waals surface area contributed by atoms with Gasteiger partial charge in [0.25, 0.3) is 0 Å². The zero-order chi connectivity index (χ0) is 10.9. The maximum Gasteiger partial charge on any atom is 0.248 e. The van der Waals surface area contributed by atoms with Crippen molar-refractivity contribution < 1.29 is 14.7 Å². The fourth-order valence-electron chi connectivity index (χ4n) is 1.76. The number of hydrogen-bond donors (Lipinski definition) is 1. The lowest BCUT2D eigenvalue weighted by Gasteiger charge is -2.40. The third kappa shape index (κ3) is 1.48. The summed E-state index contributed by atoms with van der Waals surface area (Å²) in [5, 5.41) is 8.98. The molecular weight excluding hydrogens is 184 g/mol. The molecule has 0 saturated carbocycles. The zero-order valence-corrected chi connectivity index (χ0v) is 8.73. The third-order valence-corrected chi connectivity index (χ3v) is 2.76. The van der Waals surface area contributed by atoms with Gasteiger partial charge in [0.1, 0.15) is 12.1 Å². The van der Waals surface area contributed by atoms with Crippen molar-refractivity contribution in [1.29, 1.82) is 0 Å². The first-order chi connectivity index (χ1) is 6.54. The summed E-state index contributed by atoms with van der Waals surface area (Å²) in [5.74, 6) is -0.296. The number of aliphatic hydroxyl groups excluding tert-OH is 1. The van der Waals surface area contributed by atoms with E-state index >= 15 is 0 Å². The van der Waals surface area contributed by atoms with Gasteiger partial charge in [-0.15, -0.1) is 0 Å². The number of rotatable bonds is 2. The highest BCUT2D eigenvalue weighted by molar-refractivity contribution is 5.96. The van der Waals surface area contributed by atoms with Crippen LogP contribution in [0.1, 0.15) is 13.3 Å². The van der Waals surface area contributed by atoms with Crippen LogP contribution < -0.4 is 0 Å². The summed E-state index contributed by atoms with van der Waals surface area (Å²) in [6, 6.07) is -1.09. The summed E-state index contributed by atoms with van der Waals surface area (Å²) in [7, 11) is 3.15. The highest BCUT2D eigenvalue weighted by Gasteiger charge is 2.41. The Morgan fingerprint density at radius 3 is 2.00 bits per heavy atom. The van der Waals surface area contributed by atoms with E-state index in [2.05, 4.69) is 0 Å². The van der Waals surface area contributed by atoms with Crippen LogP contribution in [0.2, 0.25) is 0 Å². The van der Waals surface area contributed by atoms with E-state index in [1.807, 2.05) is 6.92 Å². The molecule has 1 N–H and O–H groups in total. The van der Waals surface area contributed by atoms with Gasteiger partial charge in [-0.1, -0.05) is 6.92 Å². The average Bonchev–Trinajstić information content (AvgIpc) is 2.17. The minimum Gasteiger partial charge on any atom is -0.394 e. The molecule has 14 heavy (non-hydrogen) atoms. The van der Waals surface area contributed by atoms with Crippen LogP contribution in [0.15, 0.2) is 0 Å². The number of hydrogen-bond acceptors (Lipinski definition) is 3. The van der Waals surface area contributed by atoms with E-state index in [4.69, 9.17) is 5.11 Å². The Labute approximate surface area is 83.3 Å². The molecule has 2 unspecified atom stereocenters. The van der Waals surface area contributed by atoms with Crippen molar-refractivity contribution >= 4 is 11.8 Å². The number of amides is 2. The van der Waals surface area contributed by atoms with Gasteiger partial charge < -0.3 is 14.9 Å². The molecule has 0 spiro atoms. The first kappa shape index (κ1) is 11.0. The Bertz CT molecular complexity index is 228. The number of nitrogens with zero attached hydrogens (tertiary/aromatic N) is 2. The van der Waals surface area contributed by atoms with Gasteiger partial charge in [0, 0.05) is 14.1 Å². The minimum atomic E-state index is -0.713. The molecule has 0 bridgehead atoms. The summed E-state index contributed by atoms with van der Waals surface area (Å²) in [4.78, 5) is 26.1. The normalized spacial score (nSPS) is 28.6. The summed E-state index contributed by atoms with van der Waals surface area (Å²) in [6.45, 7) is 1.54. The second-order valence-corrected chi connectivity index (χ2v) is 3.52. The van der Waals surface area contributed by atoms with E-state index < -0.39 is 6.04 Å². The van der Waals surface area contributed by atoms with Crippen LogP contribution in [-0.2, 0) is 9.59 Å². The van der Waals surface area contributed by atoms with Gasteiger partial charge >= 0.3 is 0 Å². The summed E-state index contributed by atoms with van der Waals surface area (Å²) >= 11 is 0. The molecule has 2 atom stereocenters. The largest absolute Gasteiger partial charge is 0.394 e. The molecule has 1 aliphatic rings. The van der Waals surface area contributed by atoms with Crippen molar-refractivity contribution in [2.45, 2.75) is 25.4 Å². The van der Waals surface area contributed by atoms with Crippen molar-refractivity contribution in [2.75, 3.05) is 20.7 Å². The second-order valence-electron chi connectivity index (χ2n) is 3.52. The van der Waals surface area contributed by atoms with Crippen LogP contribution in [-0.4, -0.2) is 59.5 Å². The van der Waals surface area contributed by atoms with Crippen molar-refractivity contribution in [3.63, 3.8) is 0 Å². The fraction of sp³-hybridized carbons (Fsp3) is 0.778. The summed E-state index contributed by atoms with van der Waals surface area (Å²) in [5.41, 5.74) is 0.